The number of hydrogen-bond acceptors (Lipinski definition) is 3. The lowest BCUT2D eigenvalue weighted by molar-refractivity contribution is -0.143. The third-order valence-corrected chi connectivity index (χ3v) is 7.45. The Morgan fingerprint density at radius 2 is 1.76 bits per heavy atom. The molecule has 4 aliphatic carbocycles. The molecule has 1 saturated heterocycles. The number of likely N-dealkylation sites (tertiary alicyclic amines) is 1. The van der Waals surface area contributed by atoms with Crippen LogP contribution in [0.25, 0.3) is 10.9 Å². The van der Waals surface area contributed by atoms with E-state index in [1.54, 1.807) is 0 Å². The van der Waals surface area contributed by atoms with E-state index in [1.165, 1.54) is 4.90 Å². The Labute approximate surface area is 168 Å². The number of carbonyl (C=O) groups is 3. The van der Waals surface area contributed by atoms with E-state index < -0.39 is 0 Å². The fraction of sp³-hybridized carbons (Fsp3) is 0.435. The maximum atomic E-state index is 12.9. The minimum atomic E-state index is -0.268. The molecule has 2 heterocycles. The van der Waals surface area contributed by atoms with E-state index in [-0.39, 0.29) is 47.9 Å². The molecule has 1 aromatic carbocycles. The molecule has 7 rings (SSSR count). The predicted molar refractivity (Wildman–Crippen MR) is 106 cm³/mol. The largest absolute Gasteiger partial charge is 0.361 e. The zero-order valence-electron chi connectivity index (χ0n) is 16.0. The van der Waals surface area contributed by atoms with Crippen molar-refractivity contribution in [1.29, 1.82) is 0 Å². The Kier molecular flexibility index (Phi) is 3.55. The number of nitrogens with one attached hydrogen (secondary N) is 2. The van der Waals surface area contributed by atoms with Crippen molar-refractivity contribution in [1.82, 2.24) is 15.2 Å². The number of imide groups is 1. The molecule has 6 nitrogen and oxygen atoms in total. The normalized spacial score (nSPS) is 33.9. The summed E-state index contributed by atoms with van der Waals surface area (Å²) in [6.45, 7) is 0.314. The molecule has 2 saturated carbocycles. The number of H-pyrrole nitrogens is 1. The van der Waals surface area contributed by atoms with Crippen molar-refractivity contribution in [2.75, 3.05) is 13.1 Å². The molecule has 0 radical (unpaired) electrons. The van der Waals surface area contributed by atoms with Gasteiger partial charge in [-0.3, -0.25) is 19.3 Å². The van der Waals surface area contributed by atoms with Crippen LogP contribution in [0, 0.1) is 35.5 Å². The minimum Gasteiger partial charge on any atom is -0.361 e. The summed E-state index contributed by atoms with van der Waals surface area (Å²) < 4.78 is 0. The number of rotatable bonds is 5. The zero-order valence-corrected chi connectivity index (χ0v) is 16.0. The third kappa shape index (κ3) is 2.44. The van der Waals surface area contributed by atoms with E-state index in [9.17, 15) is 14.4 Å². The number of nitrogens with zero attached hydrogens (tertiary/aromatic N) is 1. The quantitative estimate of drug-likeness (QED) is 0.605. The van der Waals surface area contributed by atoms with E-state index in [1.807, 2.05) is 24.4 Å². The monoisotopic (exact) mass is 389 g/mol. The summed E-state index contributed by atoms with van der Waals surface area (Å²) in [7, 11) is 0. The van der Waals surface area contributed by atoms with Crippen LogP contribution in [-0.4, -0.2) is 40.7 Å². The van der Waals surface area contributed by atoms with Crippen LogP contribution in [-0.2, 0) is 20.8 Å². The summed E-state index contributed by atoms with van der Waals surface area (Å²) in [6, 6.07) is 8.05. The number of benzene rings is 1. The highest BCUT2D eigenvalue weighted by Gasteiger charge is 2.67. The molecule has 5 aliphatic rings. The first-order valence-electron chi connectivity index (χ1n) is 10.5. The fourth-order valence-corrected chi connectivity index (χ4v) is 6.05. The summed E-state index contributed by atoms with van der Waals surface area (Å²) in [5, 5.41) is 4.03. The fourth-order valence-electron chi connectivity index (χ4n) is 6.05. The number of carbonyl (C=O) groups excluding carboxylic acids is 3. The van der Waals surface area contributed by atoms with Crippen molar-refractivity contribution in [3.8, 4) is 0 Å². The molecular formula is C23H23N3O3. The molecular weight excluding hydrogens is 366 g/mol. The van der Waals surface area contributed by atoms with E-state index in [0.717, 1.165) is 22.9 Å². The van der Waals surface area contributed by atoms with Crippen LogP contribution in [0.15, 0.2) is 42.6 Å². The number of aromatic amines is 1. The average Bonchev–Trinajstić information content (AvgIpc) is 3.42. The smallest absolute Gasteiger partial charge is 0.240 e. The van der Waals surface area contributed by atoms with E-state index in [2.05, 4.69) is 28.5 Å². The molecule has 29 heavy (non-hydrogen) atoms. The van der Waals surface area contributed by atoms with E-state index in [0.29, 0.717) is 24.8 Å². The lowest BCUT2D eigenvalue weighted by atomic mass is 9.63. The average molecular weight is 389 g/mol. The maximum Gasteiger partial charge on any atom is 0.240 e. The summed E-state index contributed by atoms with van der Waals surface area (Å²) in [4.78, 5) is 42.8. The predicted octanol–water partition coefficient (Wildman–Crippen LogP) is 1.88. The number of para-hydroxylation sites is 1. The molecule has 1 aromatic heterocycles. The van der Waals surface area contributed by atoms with Crippen LogP contribution in [0.2, 0.25) is 0 Å². The second-order valence-corrected chi connectivity index (χ2v) is 8.88. The molecule has 2 bridgehead atoms. The van der Waals surface area contributed by atoms with Crippen molar-refractivity contribution < 1.29 is 14.4 Å². The van der Waals surface area contributed by atoms with Crippen LogP contribution in [0.4, 0.5) is 0 Å². The van der Waals surface area contributed by atoms with Crippen LogP contribution in [0.1, 0.15) is 12.0 Å². The van der Waals surface area contributed by atoms with Crippen molar-refractivity contribution in [3.63, 3.8) is 0 Å². The molecule has 3 fully saturated rings. The molecule has 6 heteroatoms. The van der Waals surface area contributed by atoms with E-state index >= 15 is 0 Å². The first-order chi connectivity index (χ1) is 14.1. The Morgan fingerprint density at radius 1 is 1.07 bits per heavy atom. The van der Waals surface area contributed by atoms with Gasteiger partial charge < -0.3 is 10.3 Å². The molecule has 2 aromatic rings. The van der Waals surface area contributed by atoms with Gasteiger partial charge >= 0.3 is 0 Å². The van der Waals surface area contributed by atoms with Gasteiger partial charge in [0.25, 0.3) is 0 Å². The zero-order chi connectivity index (χ0) is 19.7. The van der Waals surface area contributed by atoms with Gasteiger partial charge in [-0.25, -0.2) is 0 Å². The Morgan fingerprint density at radius 3 is 2.48 bits per heavy atom. The molecule has 0 unspecified atom stereocenters. The Bertz CT molecular complexity index is 1030. The van der Waals surface area contributed by atoms with Crippen LogP contribution in [0.5, 0.6) is 0 Å². The molecule has 3 amide bonds. The molecule has 0 spiro atoms. The van der Waals surface area contributed by atoms with Crippen LogP contribution >= 0.6 is 0 Å². The van der Waals surface area contributed by atoms with Gasteiger partial charge in [-0.1, -0.05) is 30.4 Å². The lowest BCUT2D eigenvalue weighted by Gasteiger charge is -2.37. The SMILES string of the molecule is O=C(CN1C(=O)[C@@H]2[C@H]3C=C[C@@H]([C@@H]4C[C@H]34)[C@@H]2C1=O)NCCc1c[nH]c2ccccc12. The highest BCUT2D eigenvalue weighted by Crippen LogP contribution is 2.65. The third-order valence-electron chi connectivity index (χ3n) is 7.45. The number of allylic oxidation sites excluding steroid dienone is 2. The van der Waals surface area contributed by atoms with Crippen molar-refractivity contribution in [2.24, 2.45) is 35.5 Å². The first kappa shape index (κ1) is 17.0. The number of fused-ring (bicyclic) bond motifs is 1. The highest BCUT2D eigenvalue weighted by atomic mass is 16.2. The molecule has 148 valence electrons. The standard InChI is InChI=1S/C23H23N3O3/c27-19(24-8-7-12-10-25-18-4-2-1-3-13(12)18)11-26-22(28)20-14-5-6-15(17-9-16(14)17)21(20)23(26)29/h1-6,10,14-17,20-21,25H,7-9,11H2,(H,24,27)/t14-,15-,16-,17+,20-,21+/m0/s1. The second-order valence-electron chi connectivity index (χ2n) is 8.88. The van der Waals surface area contributed by atoms with Gasteiger partial charge in [0.1, 0.15) is 6.54 Å². The van der Waals surface area contributed by atoms with Crippen LogP contribution < -0.4 is 5.32 Å². The van der Waals surface area contributed by atoms with Gasteiger partial charge in [-0.15, -0.1) is 0 Å². The summed E-state index contributed by atoms with van der Waals surface area (Å²) in [5.41, 5.74) is 2.22. The Balaban J connectivity index is 1.09. The number of amides is 3. The van der Waals surface area contributed by atoms with Crippen molar-refractivity contribution >= 4 is 28.6 Å². The van der Waals surface area contributed by atoms with E-state index in [4.69, 9.17) is 0 Å². The van der Waals surface area contributed by atoms with Gasteiger partial charge in [0.05, 0.1) is 11.8 Å². The van der Waals surface area contributed by atoms with Gasteiger partial charge in [0.2, 0.25) is 17.7 Å². The molecule has 6 atom stereocenters. The maximum absolute atomic E-state index is 12.9. The Hall–Kier alpha value is -2.89. The molecule has 2 N–H and O–H groups in total. The van der Waals surface area contributed by atoms with Crippen molar-refractivity contribution in [2.45, 2.75) is 12.8 Å². The topological polar surface area (TPSA) is 82.3 Å². The number of hydrogen-bond donors (Lipinski definition) is 2. The summed E-state index contributed by atoms with van der Waals surface area (Å²) in [5.74, 6) is 0.521. The summed E-state index contributed by atoms with van der Waals surface area (Å²) in [6.07, 6.45) is 8.10. The number of aromatic nitrogens is 1. The van der Waals surface area contributed by atoms with Gasteiger partial charge in [-0.2, -0.15) is 0 Å². The summed E-state index contributed by atoms with van der Waals surface area (Å²) >= 11 is 0. The minimum absolute atomic E-state index is 0.142. The van der Waals surface area contributed by atoms with Crippen molar-refractivity contribution in [3.05, 3.63) is 48.2 Å². The lowest BCUT2D eigenvalue weighted by Crippen LogP contribution is -2.41. The van der Waals surface area contributed by atoms with Gasteiger partial charge in [-0.05, 0) is 48.1 Å². The van der Waals surface area contributed by atoms with Gasteiger partial charge in [0.15, 0.2) is 0 Å². The highest BCUT2D eigenvalue weighted by molar-refractivity contribution is 6.08. The second kappa shape index (κ2) is 6.05. The first-order valence-corrected chi connectivity index (χ1v) is 10.5. The molecule has 1 aliphatic heterocycles. The van der Waals surface area contributed by atoms with Gasteiger partial charge in [0, 0.05) is 23.6 Å². The van der Waals surface area contributed by atoms with Crippen LogP contribution in [0.3, 0.4) is 0 Å².